The predicted molar refractivity (Wildman–Crippen MR) is 59.1 cm³/mol. The van der Waals surface area contributed by atoms with Gasteiger partial charge < -0.3 is 15.5 Å². The van der Waals surface area contributed by atoms with Gasteiger partial charge in [0.15, 0.2) is 0 Å². The molecule has 5 nitrogen and oxygen atoms in total. The van der Waals surface area contributed by atoms with Crippen molar-refractivity contribution in [1.82, 2.24) is 10.3 Å². The largest absolute Gasteiger partial charge is 0.506 e. The first kappa shape index (κ1) is 12.4. The molecule has 1 rings (SSSR count). The second-order valence-electron chi connectivity index (χ2n) is 3.94. The summed E-state index contributed by atoms with van der Waals surface area (Å²) in [5.41, 5.74) is 0.277. The van der Waals surface area contributed by atoms with E-state index in [-0.39, 0.29) is 35.8 Å². The highest BCUT2D eigenvalue weighted by atomic mass is 16.3. The topological polar surface area (TPSA) is 82.5 Å². The molecule has 1 heterocycles. The summed E-state index contributed by atoms with van der Waals surface area (Å²) in [6.07, 6.45) is 2.62. The molecule has 0 radical (unpaired) electrons. The van der Waals surface area contributed by atoms with Crippen LogP contribution < -0.4 is 5.32 Å². The number of nitrogens with zero attached hydrogens (tertiary/aromatic N) is 1. The highest BCUT2D eigenvalue weighted by molar-refractivity contribution is 5.94. The van der Waals surface area contributed by atoms with Crippen molar-refractivity contribution >= 4 is 5.91 Å². The Morgan fingerprint density at radius 2 is 2.19 bits per heavy atom. The molecule has 0 saturated heterocycles. The second kappa shape index (κ2) is 5.46. The predicted octanol–water partition coefficient (Wildman–Crippen LogP) is 0.534. The molecule has 0 aliphatic carbocycles. The standard InChI is InChI=1S/C11H16N2O3/c1-7(2)10(6-14)13-11(16)8-3-9(15)5-12-4-8/h3-5,7,10,14-15H,6H2,1-2H3,(H,13,16). The summed E-state index contributed by atoms with van der Waals surface area (Å²) < 4.78 is 0. The molecule has 0 aromatic carbocycles. The first-order chi connectivity index (χ1) is 7.54. The zero-order chi connectivity index (χ0) is 12.1. The van der Waals surface area contributed by atoms with Crippen LogP contribution in [0.15, 0.2) is 18.5 Å². The Morgan fingerprint density at radius 3 is 2.69 bits per heavy atom. The zero-order valence-electron chi connectivity index (χ0n) is 9.34. The zero-order valence-corrected chi connectivity index (χ0v) is 9.34. The number of nitrogens with one attached hydrogen (secondary N) is 1. The number of carbonyl (C=O) groups is 1. The summed E-state index contributed by atoms with van der Waals surface area (Å²) in [7, 11) is 0. The molecule has 0 saturated carbocycles. The third-order valence-electron chi connectivity index (χ3n) is 2.30. The Kier molecular flexibility index (Phi) is 4.25. The van der Waals surface area contributed by atoms with Gasteiger partial charge in [0.2, 0.25) is 0 Å². The Morgan fingerprint density at radius 1 is 1.50 bits per heavy atom. The van der Waals surface area contributed by atoms with Gasteiger partial charge >= 0.3 is 0 Å². The van der Waals surface area contributed by atoms with E-state index in [1.54, 1.807) is 0 Å². The lowest BCUT2D eigenvalue weighted by atomic mass is 10.1. The monoisotopic (exact) mass is 224 g/mol. The molecular formula is C11H16N2O3. The molecule has 0 fully saturated rings. The Bertz CT molecular complexity index is 366. The van der Waals surface area contributed by atoms with Crippen molar-refractivity contribution in [3.63, 3.8) is 0 Å². The molecule has 0 aliphatic heterocycles. The number of aromatic hydroxyl groups is 1. The Labute approximate surface area is 94.1 Å². The lowest BCUT2D eigenvalue weighted by molar-refractivity contribution is 0.0896. The average molecular weight is 224 g/mol. The normalized spacial score (nSPS) is 12.5. The van der Waals surface area contributed by atoms with Gasteiger partial charge in [-0.1, -0.05) is 13.8 Å². The van der Waals surface area contributed by atoms with E-state index in [1.807, 2.05) is 13.8 Å². The summed E-state index contributed by atoms with van der Waals surface area (Å²) in [5.74, 6) is -0.270. The summed E-state index contributed by atoms with van der Waals surface area (Å²) in [6, 6.07) is 1.03. The van der Waals surface area contributed by atoms with Gasteiger partial charge in [0.25, 0.3) is 5.91 Å². The number of pyridine rings is 1. The van der Waals surface area contributed by atoms with Crippen molar-refractivity contribution in [3.05, 3.63) is 24.0 Å². The fourth-order valence-electron chi connectivity index (χ4n) is 1.23. The number of aliphatic hydroxyl groups is 1. The second-order valence-corrected chi connectivity index (χ2v) is 3.94. The van der Waals surface area contributed by atoms with Crippen LogP contribution in [0.3, 0.4) is 0 Å². The van der Waals surface area contributed by atoms with Crippen molar-refractivity contribution in [1.29, 1.82) is 0 Å². The van der Waals surface area contributed by atoms with E-state index in [0.29, 0.717) is 0 Å². The van der Waals surface area contributed by atoms with Gasteiger partial charge in [-0.3, -0.25) is 9.78 Å². The van der Waals surface area contributed by atoms with E-state index in [9.17, 15) is 9.90 Å². The van der Waals surface area contributed by atoms with Gasteiger partial charge in [-0.15, -0.1) is 0 Å². The molecule has 16 heavy (non-hydrogen) atoms. The van der Waals surface area contributed by atoms with Crippen molar-refractivity contribution < 1.29 is 15.0 Å². The minimum Gasteiger partial charge on any atom is -0.506 e. The number of amides is 1. The fraction of sp³-hybridized carbons (Fsp3) is 0.455. The molecule has 88 valence electrons. The molecule has 1 amide bonds. The molecule has 1 atom stereocenters. The lowest BCUT2D eigenvalue weighted by Gasteiger charge is -2.19. The van der Waals surface area contributed by atoms with Gasteiger partial charge in [-0.25, -0.2) is 0 Å². The number of rotatable bonds is 4. The molecule has 0 bridgehead atoms. The van der Waals surface area contributed by atoms with Gasteiger partial charge in [0, 0.05) is 6.20 Å². The first-order valence-corrected chi connectivity index (χ1v) is 5.10. The highest BCUT2D eigenvalue weighted by Gasteiger charge is 2.16. The van der Waals surface area contributed by atoms with Crippen LogP contribution in [0.4, 0.5) is 0 Å². The van der Waals surface area contributed by atoms with Crippen LogP contribution in [0.25, 0.3) is 0 Å². The summed E-state index contributed by atoms with van der Waals surface area (Å²) in [6.45, 7) is 3.69. The van der Waals surface area contributed by atoms with E-state index < -0.39 is 0 Å². The van der Waals surface area contributed by atoms with Crippen molar-refractivity contribution in [2.75, 3.05) is 6.61 Å². The minimum atomic E-state index is -0.351. The number of aliphatic hydroxyl groups excluding tert-OH is 1. The first-order valence-electron chi connectivity index (χ1n) is 5.10. The van der Waals surface area contributed by atoms with E-state index in [2.05, 4.69) is 10.3 Å². The number of aromatic nitrogens is 1. The maximum absolute atomic E-state index is 11.7. The number of carbonyl (C=O) groups excluding carboxylic acids is 1. The maximum Gasteiger partial charge on any atom is 0.253 e. The molecule has 3 N–H and O–H groups in total. The van der Waals surface area contributed by atoms with Crippen molar-refractivity contribution in [2.45, 2.75) is 19.9 Å². The number of hydrogen-bond donors (Lipinski definition) is 3. The number of hydrogen-bond acceptors (Lipinski definition) is 4. The highest BCUT2D eigenvalue weighted by Crippen LogP contribution is 2.09. The third-order valence-corrected chi connectivity index (χ3v) is 2.30. The van der Waals surface area contributed by atoms with E-state index in [0.717, 1.165) is 0 Å². The van der Waals surface area contributed by atoms with Crippen LogP contribution in [-0.4, -0.2) is 33.8 Å². The molecule has 0 spiro atoms. The average Bonchev–Trinajstić information content (AvgIpc) is 2.25. The van der Waals surface area contributed by atoms with Crippen LogP contribution >= 0.6 is 0 Å². The van der Waals surface area contributed by atoms with Crippen LogP contribution in [0.2, 0.25) is 0 Å². The summed E-state index contributed by atoms with van der Waals surface area (Å²) in [4.78, 5) is 15.4. The SMILES string of the molecule is CC(C)C(CO)NC(=O)c1cncc(O)c1. The summed E-state index contributed by atoms with van der Waals surface area (Å²) >= 11 is 0. The minimum absolute atomic E-state index is 0.0576. The van der Waals surface area contributed by atoms with Gasteiger partial charge in [-0.2, -0.15) is 0 Å². The molecule has 0 aliphatic rings. The van der Waals surface area contributed by atoms with Crippen LogP contribution in [-0.2, 0) is 0 Å². The summed E-state index contributed by atoms with van der Waals surface area (Å²) in [5, 5.41) is 20.9. The molecular weight excluding hydrogens is 208 g/mol. The fourth-order valence-corrected chi connectivity index (χ4v) is 1.23. The quantitative estimate of drug-likeness (QED) is 0.697. The van der Waals surface area contributed by atoms with E-state index in [1.165, 1.54) is 18.5 Å². The Balaban J connectivity index is 2.72. The smallest absolute Gasteiger partial charge is 0.253 e. The van der Waals surface area contributed by atoms with Crippen molar-refractivity contribution in [2.24, 2.45) is 5.92 Å². The molecule has 1 aromatic rings. The maximum atomic E-state index is 11.7. The molecule has 1 aromatic heterocycles. The van der Waals surface area contributed by atoms with Gasteiger partial charge in [0.05, 0.1) is 24.4 Å². The molecule has 1 unspecified atom stereocenters. The van der Waals surface area contributed by atoms with Crippen LogP contribution in [0.1, 0.15) is 24.2 Å². The Hall–Kier alpha value is -1.62. The van der Waals surface area contributed by atoms with E-state index in [4.69, 9.17) is 5.11 Å². The third kappa shape index (κ3) is 3.20. The molecule has 5 heteroatoms. The van der Waals surface area contributed by atoms with Gasteiger partial charge in [-0.05, 0) is 12.0 Å². The van der Waals surface area contributed by atoms with Crippen LogP contribution in [0.5, 0.6) is 5.75 Å². The lowest BCUT2D eigenvalue weighted by Crippen LogP contribution is -2.41. The van der Waals surface area contributed by atoms with Crippen molar-refractivity contribution in [3.8, 4) is 5.75 Å². The van der Waals surface area contributed by atoms with Gasteiger partial charge in [0.1, 0.15) is 5.75 Å². The van der Waals surface area contributed by atoms with E-state index >= 15 is 0 Å². The van der Waals surface area contributed by atoms with Crippen LogP contribution in [0, 0.1) is 5.92 Å².